The van der Waals surface area contributed by atoms with Crippen LogP contribution in [-0.4, -0.2) is 28.2 Å². The van der Waals surface area contributed by atoms with E-state index >= 15 is 0 Å². The quantitative estimate of drug-likeness (QED) is 0.582. The molecule has 4 rings (SSSR count). The van der Waals surface area contributed by atoms with E-state index in [1.165, 1.54) is 30.8 Å². The van der Waals surface area contributed by atoms with Gasteiger partial charge in [-0.25, -0.2) is 14.8 Å². The minimum atomic E-state index is -0.994. The lowest BCUT2D eigenvalue weighted by atomic mass is 10.0. The van der Waals surface area contributed by atoms with Gasteiger partial charge in [0.2, 0.25) is 0 Å². The van der Waals surface area contributed by atoms with Crippen LogP contribution in [0.15, 0.2) is 42.7 Å². The first-order chi connectivity index (χ1) is 12.1. The van der Waals surface area contributed by atoms with E-state index in [4.69, 9.17) is 10.5 Å². The number of ether oxygens (including phenoxy) is 1. The second-order valence-electron chi connectivity index (χ2n) is 5.50. The van der Waals surface area contributed by atoms with Crippen LogP contribution in [0.5, 0.6) is 5.75 Å². The number of carboxylic acids is 1. The molecular formula is C18H13N3O3S. The number of nitrogens with two attached hydrogens (primary N) is 1. The van der Waals surface area contributed by atoms with Gasteiger partial charge in [0.05, 0.1) is 22.9 Å². The molecule has 0 radical (unpaired) electrons. The summed E-state index contributed by atoms with van der Waals surface area (Å²) in [6.07, 6.45) is 1.46. The lowest BCUT2D eigenvalue weighted by Gasteiger charge is -2.07. The summed E-state index contributed by atoms with van der Waals surface area (Å²) in [7, 11) is 1.52. The molecule has 4 aromatic rings. The minimum Gasteiger partial charge on any atom is -0.497 e. The normalized spacial score (nSPS) is 11.1. The van der Waals surface area contributed by atoms with Crippen LogP contribution in [0.4, 0.5) is 5.82 Å². The summed E-state index contributed by atoms with van der Waals surface area (Å²) >= 11 is 1.52. The first-order valence-corrected chi connectivity index (χ1v) is 8.24. The minimum absolute atomic E-state index is 0.181. The average Bonchev–Trinajstić information content (AvgIpc) is 3.00. The van der Waals surface area contributed by atoms with Crippen LogP contribution in [0, 0.1) is 0 Å². The van der Waals surface area contributed by atoms with Gasteiger partial charge in [-0.2, -0.15) is 0 Å². The summed E-state index contributed by atoms with van der Waals surface area (Å²) in [6, 6.07) is 10.9. The van der Waals surface area contributed by atoms with Gasteiger partial charge in [-0.1, -0.05) is 12.1 Å². The summed E-state index contributed by atoms with van der Waals surface area (Å²) in [4.78, 5) is 19.7. The Balaban J connectivity index is 1.93. The Labute approximate surface area is 146 Å². The van der Waals surface area contributed by atoms with E-state index in [9.17, 15) is 9.90 Å². The Bertz CT molecular complexity index is 1140. The summed E-state index contributed by atoms with van der Waals surface area (Å²) < 4.78 is 7.09. The third-order valence-corrected chi connectivity index (χ3v) is 5.17. The van der Waals surface area contributed by atoms with E-state index in [1.807, 2.05) is 24.3 Å². The fourth-order valence-corrected chi connectivity index (χ4v) is 3.88. The van der Waals surface area contributed by atoms with Gasteiger partial charge < -0.3 is 15.6 Å². The smallest absolute Gasteiger partial charge is 0.335 e. The number of anilines is 1. The maximum Gasteiger partial charge on any atom is 0.335 e. The van der Waals surface area contributed by atoms with Crippen molar-refractivity contribution < 1.29 is 14.6 Å². The van der Waals surface area contributed by atoms with Crippen molar-refractivity contribution in [1.29, 1.82) is 0 Å². The third-order valence-electron chi connectivity index (χ3n) is 4.00. The number of aromatic carboxylic acids is 1. The predicted molar refractivity (Wildman–Crippen MR) is 98.3 cm³/mol. The third kappa shape index (κ3) is 2.54. The molecule has 6 nitrogen and oxygen atoms in total. The molecule has 0 saturated carbocycles. The highest BCUT2D eigenvalue weighted by atomic mass is 32.1. The van der Waals surface area contributed by atoms with Crippen molar-refractivity contribution in [3.8, 4) is 16.9 Å². The van der Waals surface area contributed by atoms with E-state index in [1.54, 1.807) is 6.07 Å². The molecule has 0 atom stereocenters. The first kappa shape index (κ1) is 15.3. The number of carbonyl (C=O) groups is 1. The number of methoxy groups -OCH3 is 1. The van der Waals surface area contributed by atoms with Gasteiger partial charge in [0.15, 0.2) is 0 Å². The van der Waals surface area contributed by atoms with Gasteiger partial charge >= 0.3 is 5.97 Å². The molecule has 0 amide bonds. The molecule has 0 aliphatic carbocycles. The monoisotopic (exact) mass is 351 g/mol. The Morgan fingerprint density at radius 2 is 2.00 bits per heavy atom. The number of rotatable bonds is 3. The number of hydrogen-bond acceptors (Lipinski definition) is 6. The Morgan fingerprint density at radius 1 is 1.16 bits per heavy atom. The highest BCUT2D eigenvalue weighted by Gasteiger charge is 2.13. The lowest BCUT2D eigenvalue weighted by molar-refractivity contribution is 0.0696. The van der Waals surface area contributed by atoms with Crippen LogP contribution < -0.4 is 10.5 Å². The predicted octanol–water partition coefficient (Wildman–Crippen LogP) is 3.80. The average molecular weight is 351 g/mol. The van der Waals surface area contributed by atoms with Crippen molar-refractivity contribution in [1.82, 2.24) is 9.97 Å². The van der Waals surface area contributed by atoms with Gasteiger partial charge in [0, 0.05) is 10.1 Å². The number of nitrogen functional groups attached to an aromatic ring is 1. The van der Waals surface area contributed by atoms with Crippen LogP contribution in [0.25, 0.3) is 31.4 Å². The fraction of sp³-hybridized carbons (Fsp3) is 0.0556. The number of benzene rings is 2. The van der Waals surface area contributed by atoms with Gasteiger partial charge in [0.25, 0.3) is 0 Å². The summed E-state index contributed by atoms with van der Waals surface area (Å²) in [5.41, 5.74) is 8.62. The van der Waals surface area contributed by atoms with Gasteiger partial charge in [-0.05, 0) is 35.4 Å². The molecule has 7 heteroatoms. The van der Waals surface area contributed by atoms with Crippen molar-refractivity contribution in [3.05, 3.63) is 48.3 Å². The van der Waals surface area contributed by atoms with E-state index in [0.29, 0.717) is 11.6 Å². The highest BCUT2D eigenvalue weighted by Crippen LogP contribution is 2.37. The lowest BCUT2D eigenvalue weighted by Crippen LogP contribution is -1.97. The first-order valence-electron chi connectivity index (χ1n) is 7.42. The number of hydrogen-bond donors (Lipinski definition) is 2. The van der Waals surface area contributed by atoms with Gasteiger partial charge in [-0.15, -0.1) is 11.3 Å². The molecule has 2 aromatic heterocycles. The standard InChI is InChI=1S/C18H13N3O3S/c1-24-12-5-10(4-11(6-12)18(22)23)9-2-3-13-14(7-9)25-16-15(13)20-8-21-17(16)19/h2-8H,1H3,(H,22,23)(H2,19,20,21). The van der Waals surface area contributed by atoms with Gasteiger partial charge in [0.1, 0.15) is 17.9 Å². The van der Waals surface area contributed by atoms with Crippen molar-refractivity contribution in [3.63, 3.8) is 0 Å². The molecule has 25 heavy (non-hydrogen) atoms. The van der Waals surface area contributed by atoms with E-state index in [-0.39, 0.29) is 5.56 Å². The number of nitrogens with zero attached hydrogens (tertiary/aromatic N) is 2. The molecule has 124 valence electrons. The number of fused-ring (bicyclic) bond motifs is 3. The Hall–Kier alpha value is -3.19. The largest absolute Gasteiger partial charge is 0.497 e. The molecule has 2 aromatic carbocycles. The second-order valence-corrected chi connectivity index (χ2v) is 6.56. The Kier molecular flexibility index (Phi) is 3.51. The van der Waals surface area contributed by atoms with Crippen LogP contribution in [-0.2, 0) is 0 Å². The zero-order chi connectivity index (χ0) is 17.6. The Morgan fingerprint density at radius 3 is 2.76 bits per heavy atom. The highest BCUT2D eigenvalue weighted by molar-refractivity contribution is 7.26. The van der Waals surface area contributed by atoms with E-state index < -0.39 is 5.97 Å². The van der Waals surface area contributed by atoms with Crippen molar-refractivity contribution >= 4 is 43.4 Å². The molecular weight excluding hydrogens is 338 g/mol. The van der Waals surface area contributed by atoms with E-state index in [2.05, 4.69) is 9.97 Å². The van der Waals surface area contributed by atoms with Crippen molar-refractivity contribution in [2.24, 2.45) is 0 Å². The maximum absolute atomic E-state index is 11.3. The molecule has 0 saturated heterocycles. The van der Waals surface area contributed by atoms with Gasteiger partial charge in [-0.3, -0.25) is 0 Å². The summed E-state index contributed by atoms with van der Waals surface area (Å²) in [5.74, 6) is -0.0325. The zero-order valence-electron chi connectivity index (χ0n) is 13.2. The number of aromatic nitrogens is 2. The van der Waals surface area contributed by atoms with Crippen molar-refractivity contribution in [2.75, 3.05) is 12.8 Å². The molecule has 0 fully saturated rings. The molecule has 0 aliphatic rings. The summed E-state index contributed by atoms with van der Waals surface area (Å²) in [5, 5.41) is 10.3. The van der Waals surface area contributed by atoms with E-state index in [0.717, 1.165) is 31.4 Å². The van der Waals surface area contributed by atoms with Crippen LogP contribution >= 0.6 is 11.3 Å². The topological polar surface area (TPSA) is 98.3 Å². The number of thiophene rings is 1. The fourth-order valence-electron chi connectivity index (χ4n) is 2.78. The SMILES string of the molecule is COc1cc(C(=O)O)cc(-c2ccc3c(c2)sc2c(N)ncnc23)c1. The zero-order valence-corrected chi connectivity index (χ0v) is 14.0. The maximum atomic E-state index is 11.3. The number of carboxylic acid groups (broad SMARTS) is 1. The second kappa shape index (κ2) is 5.71. The molecule has 0 unspecified atom stereocenters. The van der Waals surface area contributed by atoms with Crippen molar-refractivity contribution in [2.45, 2.75) is 0 Å². The molecule has 0 bridgehead atoms. The van der Waals surface area contributed by atoms with Crippen LogP contribution in [0.3, 0.4) is 0 Å². The molecule has 2 heterocycles. The molecule has 0 aliphatic heterocycles. The summed E-state index contributed by atoms with van der Waals surface area (Å²) in [6.45, 7) is 0. The molecule has 0 spiro atoms. The van der Waals surface area contributed by atoms with Crippen LogP contribution in [0.1, 0.15) is 10.4 Å². The molecule has 3 N–H and O–H groups in total. The van der Waals surface area contributed by atoms with Crippen LogP contribution in [0.2, 0.25) is 0 Å².